The monoisotopic (exact) mass is 357 g/mol. The van der Waals surface area contributed by atoms with Crippen molar-refractivity contribution in [3.8, 4) is 34.3 Å². The van der Waals surface area contributed by atoms with E-state index in [0.717, 1.165) is 28.2 Å². The molecule has 4 rings (SSSR count). The van der Waals surface area contributed by atoms with E-state index in [0.29, 0.717) is 17.5 Å². The van der Waals surface area contributed by atoms with E-state index < -0.39 is 0 Å². The third-order valence-electron chi connectivity index (χ3n) is 4.27. The largest absolute Gasteiger partial charge is 0.415 e. The van der Waals surface area contributed by atoms with Crippen LogP contribution in [-0.2, 0) is 0 Å². The van der Waals surface area contributed by atoms with Crippen molar-refractivity contribution in [3.05, 3.63) is 66.5 Å². The summed E-state index contributed by atoms with van der Waals surface area (Å²) in [7, 11) is 4.01. The Morgan fingerprint density at radius 1 is 0.852 bits per heavy atom. The standard InChI is InChI=1S/C21H19N5O/c1-14-19(21-25-24-20(27-21)15-9-5-4-6-10-15)23-17(13-22-14)16-11-7-8-12-18(16)26(2)3/h4-13H,1-3H3. The van der Waals surface area contributed by atoms with Gasteiger partial charge >= 0.3 is 0 Å². The number of nitrogens with zero attached hydrogens (tertiary/aromatic N) is 5. The Morgan fingerprint density at radius 3 is 2.33 bits per heavy atom. The smallest absolute Gasteiger partial charge is 0.268 e. The Hall–Kier alpha value is -3.54. The van der Waals surface area contributed by atoms with E-state index in [2.05, 4.69) is 26.1 Å². The molecule has 0 N–H and O–H groups in total. The molecule has 0 radical (unpaired) electrons. The first kappa shape index (κ1) is 16.9. The minimum absolute atomic E-state index is 0.364. The molecule has 0 bridgehead atoms. The topological polar surface area (TPSA) is 67.9 Å². The summed E-state index contributed by atoms with van der Waals surface area (Å²) in [5, 5.41) is 8.35. The predicted octanol–water partition coefficient (Wildman–Crippen LogP) is 4.24. The quantitative estimate of drug-likeness (QED) is 0.544. The number of aryl methyl sites for hydroxylation is 1. The zero-order valence-corrected chi connectivity index (χ0v) is 15.4. The summed E-state index contributed by atoms with van der Waals surface area (Å²) in [6, 6.07) is 17.8. The Morgan fingerprint density at radius 2 is 1.56 bits per heavy atom. The molecule has 27 heavy (non-hydrogen) atoms. The van der Waals surface area contributed by atoms with Gasteiger partial charge in [-0.2, -0.15) is 0 Å². The highest BCUT2D eigenvalue weighted by molar-refractivity contribution is 5.76. The van der Waals surface area contributed by atoms with Crippen LogP contribution >= 0.6 is 0 Å². The van der Waals surface area contributed by atoms with E-state index in [1.165, 1.54) is 0 Å². The van der Waals surface area contributed by atoms with Crippen LogP contribution in [0, 0.1) is 6.92 Å². The maximum absolute atomic E-state index is 5.87. The van der Waals surface area contributed by atoms with E-state index in [9.17, 15) is 0 Å². The first-order chi connectivity index (χ1) is 13.1. The molecule has 6 heteroatoms. The normalized spacial score (nSPS) is 10.8. The minimum Gasteiger partial charge on any atom is -0.415 e. The highest BCUT2D eigenvalue weighted by atomic mass is 16.4. The van der Waals surface area contributed by atoms with Crippen LogP contribution in [0.5, 0.6) is 0 Å². The van der Waals surface area contributed by atoms with Gasteiger partial charge < -0.3 is 9.32 Å². The van der Waals surface area contributed by atoms with E-state index >= 15 is 0 Å². The molecular formula is C21H19N5O. The van der Waals surface area contributed by atoms with Gasteiger partial charge in [-0.05, 0) is 25.1 Å². The SMILES string of the molecule is Cc1ncc(-c2ccccc2N(C)C)nc1-c1nnc(-c2ccccc2)o1. The van der Waals surface area contributed by atoms with Crippen molar-refractivity contribution in [2.75, 3.05) is 19.0 Å². The van der Waals surface area contributed by atoms with Gasteiger partial charge in [0.15, 0.2) is 0 Å². The molecule has 6 nitrogen and oxygen atoms in total. The van der Waals surface area contributed by atoms with Crippen LogP contribution in [0.25, 0.3) is 34.3 Å². The van der Waals surface area contributed by atoms with E-state index in [4.69, 9.17) is 9.40 Å². The van der Waals surface area contributed by atoms with Crippen molar-refractivity contribution in [2.45, 2.75) is 6.92 Å². The maximum atomic E-state index is 5.87. The first-order valence-corrected chi connectivity index (χ1v) is 8.63. The summed E-state index contributed by atoms with van der Waals surface area (Å²) in [6.07, 6.45) is 1.77. The second-order valence-electron chi connectivity index (χ2n) is 6.38. The van der Waals surface area contributed by atoms with Crippen LogP contribution < -0.4 is 4.90 Å². The third kappa shape index (κ3) is 3.29. The Kier molecular flexibility index (Phi) is 4.38. The number of hydrogen-bond acceptors (Lipinski definition) is 6. The molecular weight excluding hydrogens is 338 g/mol. The van der Waals surface area contributed by atoms with Gasteiger partial charge in [0, 0.05) is 30.9 Å². The van der Waals surface area contributed by atoms with Crippen LogP contribution in [0.2, 0.25) is 0 Å². The van der Waals surface area contributed by atoms with Crippen molar-refractivity contribution >= 4 is 5.69 Å². The second kappa shape index (κ2) is 6.99. The number of rotatable bonds is 4. The van der Waals surface area contributed by atoms with Gasteiger partial charge in [0.1, 0.15) is 5.69 Å². The van der Waals surface area contributed by atoms with Gasteiger partial charge in [-0.15, -0.1) is 10.2 Å². The molecule has 0 aliphatic rings. The van der Waals surface area contributed by atoms with Crippen LogP contribution in [0.1, 0.15) is 5.69 Å². The molecule has 0 aliphatic carbocycles. The summed E-state index contributed by atoms with van der Waals surface area (Å²) >= 11 is 0. The molecule has 2 aromatic heterocycles. The Labute approximate surface area is 157 Å². The number of anilines is 1. The summed E-state index contributed by atoms with van der Waals surface area (Å²) in [5.41, 5.74) is 5.03. The van der Waals surface area contributed by atoms with Gasteiger partial charge in [0.25, 0.3) is 5.89 Å². The molecule has 0 saturated carbocycles. The van der Waals surface area contributed by atoms with Crippen LogP contribution in [0.4, 0.5) is 5.69 Å². The molecule has 2 heterocycles. The second-order valence-corrected chi connectivity index (χ2v) is 6.38. The molecule has 4 aromatic rings. The zero-order chi connectivity index (χ0) is 18.8. The molecule has 0 saturated heterocycles. The van der Waals surface area contributed by atoms with Crippen molar-refractivity contribution in [2.24, 2.45) is 0 Å². The lowest BCUT2D eigenvalue weighted by molar-refractivity contribution is 0.581. The number of aromatic nitrogens is 4. The lowest BCUT2D eigenvalue weighted by Gasteiger charge is -2.17. The molecule has 0 amide bonds. The highest BCUT2D eigenvalue weighted by Crippen LogP contribution is 2.30. The number of para-hydroxylation sites is 1. The van der Waals surface area contributed by atoms with Crippen molar-refractivity contribution < 1.29 is 4.42 Å². The summed E-state index contributed by atoms with van der Waals surface area (Å²) in [5.74, 6) is 0.828. The lowest BCUT2D eigenvalue weighted by atomic mass is 10.1. The molecule has 0 aliphatic heterocycles. The highest BCUT2D eigenvalue weighted by Gasteiger charge is 2.17. The maximum Gasteiger partial charge on any atom is 0.268 e. The Balaban J connectivity index is 1.78. The lowest BCUT2D eigenvalue weighted by Crippen LogP contribution is -2.10. The van der Waals surface area contributed by atoms with Crippen LogP contribution in [0.15, 0.2) is 65.2 Å². The zero-order valence-electron chi connectivity index (χ0n) is 15.4. The van der Waals surface area contributed by atoms with Gasteiger partial charge in [-0.3, -0.25) is 4.98 Å². The average molecular weight is 357 g/mol. The summed E-state index contributed by atoms with van der Waals surface area (Å²) in [6.45, 7) is 1.89. The van der Waals surface area contributed by atoms with Gasteiger partial charge in [0.2, 0.25) is 5.89 Å². The van der Waals surface area contributed by atoms with E-state index in [-0.39, 0.29) is 0 Å². The molecule has 2 aromatic carbocycles. The van der Waals surface area contributed by atoms with E-state index in [1.807, 2.05) is 69.6 Å². The van der Waals surface area contributed by atoms with Crippen LogP contribution in [-0.4, -0.2) is 34.3 Å². The van der Waals surface area contributed by atoms with Crippen molar-refractivity contribution in [3.63, 3.8) is 0 Å². The van der Waals surface area contributed by atoms with E-state index in [1.54, 1.807) is 6.20 Å². The number of benzene rings is 2. The predicted molar refractivity (Wildman–Crippen MR) is 105 cm³/mol. The Bertz CT molecular complexity index is 1070. The molecule has 0 atom stereocenters. The fourth-order valence-corrected chi connectivity index (χ4v) is 2.88. The fourth-order valence-electron chi connectivity index (χ4n) is 2.88. The van der Waals surface area contributed by atoms with Gasteiger partial charge in [-0.1, -0.05) is 36.4 Å². The molecule has 0 unspecified atom stereocenters. The van der Waals surface area contributed by atoms with Gasteiger partial charge in [-0.25, -0.2) is 4.98 Å². The number of hydrogen-bond donors (Lipinski definition) is 0. The molecule has 0 fully saturated rings. The molecule has 0 spiro atoms. The average Bonchev–Trinajstić information content (AvgIpc) is 3.19. The minimum atomic E-state index is 0.364. The first-order valence-electron chi connectivity index (χ1n) is 8.63. The van der Waals surface area contributed by atoms with Crippen molar-refractivity contribution in [1.29, 1.82) is 0 Å². The fraction of sp³-hybridized carbons (Fsp3) is 0.143. The summed E-state index contributed by atoms with van der Waals surface area (Å²) < 4.78 is 5.87. The van der Waals surface area contributed by atoms with Gasteiger partial charge in [0.05, 0.1) is 17.6 Å². The third-order valence-corrected chi connectivity index (χ3v) is 4.27. The molecule has 134 valence electrons. The summed E-state index contributed by atoms with van der Waals surface area (Å²) in [4.78, 5) is 11.3. The van der Waals surface area contributed by atoms with Crippen molar-refractivity contribution in [1.82, 2.24) is 20.2 Å². The van der Waals surface area contributed by atoms with Crippen LogP contribution in [0.3, 0.4) is 0 Å².